The first kappa shape index (κ1) is 14.1. The predicted molar refractivity (Wildman–Crippen MR) is 79.6 cm³/mol. The molecule has 0 bridgehead atoms. The fraction of sp³-hybridized carbons (Fsp3) is 0.375. The third-order valence-electron chi connectivity index (χ3n) is 3.96. The highest BCUT2D eigenvalue weighted by Crippen LogP contribution is 2.25. The van der Waals surface area contributed by atoms with Gasteiger partial charge in [0, 0.05) is 42.8 Å². The molecule has 1 aromatic carbocycles. The van der Waals surface area contributed by atoms with Crippen LogP contribution in [0, 0.1) is 25.2 Å². The maximum absolute atomic E-state index is 12.3. The van der Waals surface area contributed by atoms with E-state index in [2.05, 4.69) is 24.5 Å². The second-order valence-corrected chi connectivity index (χ2v) is 5.14. The average molecular weight is 269 g/mol. The van der Waals surface area contributed by atoms with E-state index in [1.807, 2.05) is 25.2 Å². The Hall–Kier alpha value is -2.28. The number of nitrogens with zero attached hydrogens (tertiary/aromatic N) is 3. The SMILES string of the molecule is Cc1c(C)n(C)c2ccc(C(=O)N(C)CCC#N)cc12. The van der Waals surface area contributed by atoms with E-state index in [1.165, 1.54) is 11.3 Å². The van der Waals surface area contributed by atoms with Crippen molar-refractivity contribution in [3.8, 4) is 6.07 Å². The van der Waals surface area contributed by atoms with Crippen molar-refractivity contribution >= 4 is 16.8 Å². The largest absolute Gasteiger partial charge is 0.348 e. The number of amides is 1. The highest BCUT2D eigenvalue weighted by Gasteiger charge is 2.14. The van der Waals surface area contributed by atoms with Crippen LogP contribution in [0.5, 0.6) is 0 Å². The summed E-state index contributed by atoms with van der Waals surface area (Å²) in [6.45, 7) is 4.61. The van der Waals surface area contributed by atoms with Crippen LogP contribution in [0.2, 0.25) is 0 Å². The van der Waals surface area contributed by atoms with E-state index >= 15 is 0 Å². The van der Waals surface area contributed by atoms with Crippen molar-refractivity contribution < 1.29 is 4.79 Å². The van der Waals surface area contributed by atoms with Gasteiger partial charge in [0.2, 0.25) is 0 Å². The summed E-state index contributed by atoms with van der Waals surface area (Å²) in [4.78, 5) is 13.9. The van der Waals surface area contributed by atoms with Gasteiger partial charge in [0.25, 0.3) is 5.91 Å². The van der Waals surface area contributed by atoms with Gasteiger partial charge in [-0.05, 0) is 37.6 Å². The molecule has 104 valence electrons. The van der Waals surface area contributed by atoms with Crippen LogP contribution in [-0.4, -0.2) is 29.0 Å². The molecule has 0 saturated carbocycles. The summed E-state index contributed by atoms with van der Waals surface area (Å²) in [5.74, 6) is -0.0388. The van der Waals surface area contributed by atoms with Crippen LogP contribution in [0.25, 0.3) is 10.9 Å². The first-order valence-electron chi connectivity index (χ1n) is 6.65. The van der Waals surface area contributed by atoms with Crippen LogP contribution in [-0.2, 0) is 7.05 Å². The standard InChI is InChI=1S/C16H19N3O/c1-11-12(2)19(4)15-7-6-13(10-14(11)15)16(20)18(3)9-5-8-17/h6-7,10H,5,9H2,1-4H3. The van der Waals surface area contributed by atoms with Crippen LogP contribution in [0.3, 0.4) is 0 Å². The molecule has 0 N–H and O–H groups in total. The lowest BCUT2D eigenvalue weighted by Crippen LogP contribution is -2.27. The first-order valence-corrected chi connectivity index (χ1v) is 6.65. The fourth-order valence-electron chi connectivity index (χ4n) is 2.43. The molecule has 20 heavy (non-hydrogen) atoms. The van der Waals surface area contributed by atoms with E-state index in [-0.39, 0.29) is 5.91 Å². The van der Waals surface area contributed by atoms with Crippen molar-refractivity contribution in [2.24, 2.45) is 7.05 Å². The van der Waals surface area contributed by atoms with E-state index in [4.69, 9.17) is 5.26 Å². The number of hydrogen-bond donors (Lipinski definition) is 0. The van der Waals surface area contributed by atoms with Crippen molar-refractivity contribution in [2.75, 3.05) is 13.6 Å². The van der Waals surface area contributed by atoms with E-state index in [0.29, 0.717) is 18.5 Å². The number of fused-ring (bicyclic) bond motifs is 1. The quantitative estimate of drug-likeness (QED) is 0.860. The number of aromatic nitrogens is 1. The Labute approximate surface area is 119 Å². The van der Waals surface area contributed by atoms with Gasteiger partial charge in [0.15, 0.2) is 0 Å². The van der Waals surface area contributed by atoms with Crippen LogP contribution < -0.4 is 0 Å². The molecule has 1 amide bonds. The Kier molecular flexibility index (Phi) is 3.80. The van der Waals surface area contributed by atoms with Gasteiger partial charge in [-0.25, -0.2) is 0 Å². The lowest BCUT2D eigenvalue weighted by Gasteiger charge is -2.15. The second kappa shape index (κ2) is 5.38. The fourth-order valence-corrected chi connectivity index (χ4v) is 2.43. The van der Waals surface area contributed by atoms with Gasteiger partial charge < -0.3 is 9.47 Å². The molecule has 0 saturated heterocycles. The zero-order valence-corrected chi connectivity index (χ0v) is 12.4. The summed E-state index contributed by atoms with van der Waals surface area (Å²) in [6, 6.07) is 7.84. The Balaban J connectivity index is 2.40. The summed E-state index contributed by atoms with van der Waals surface area (Å²) in [5, 5.41) is 9.70. The number of benzene rings is 1. The van der Waals surface area contributed by atoms with Crippen molar-refractivity contribution in [3.63, 3.8) is 0 Å². The molecule has 1 aromatic heterocycles. The van der Waals surface area contributed by atoms with Gasteiger partial charge in [0.05, 0.1) is 12.5 Å². The molecular formula is C16H19N3O. The Morgan fingerprint density at radius 3 is 2.75 bits per heavy atom. The van der Waals surface area contributed by atoms with Gasteiger partial charge in [0.1, 0.15) is 0 Å². The van der Waals surface area contributed by atoms with Gasteiger partial charge >= 0.3 is 0 Å². The number of nitriles is 1. The van der Waals surface area contributed by atoms with Gasteiger partial charge in [-0.3, -0.25) is 4.79 Å². The second-order valence-electron chi connectivity index (χ2n) is 5.14. The van der Waals surface area contributed by atoms with Gasteiger partial charge in [-0.15, -0.1) is 0 Å². The predicted octanol–water partition coefficient (Wildman–Crippen LogP) is 2.78. The highest BCUT2D eigenvalue weighted by molar-refractivity contribution is 5.99. The minimum absolute atomic E-state index is 0.0388. The number of rotatable bonds is 3. The van der Waals surface area contributed by atoms with Crippen molar-refractivity contribution in [1.82, 2.24) is 9.47 Å². The molecule has 2 rings (SSSR count). The maximum Gasteiger partial charge on any atom is 0.253 e. The van der Waals surface area contributed by atoms with Gasteiger partial charge in [-0.1, -0.05) is 0 Å². The normalized spacial score (nSPS) is 10.6. The monoisotopic (exact) mass is 269 g/mol. The first-order chi connectivity index (χ1) is 9.47. The molecule has 0 atom stereocenters. The summed E-state index contributed by atoms with van der Waals surface area (Å²) in [7, 11) is 3.76. The molecular weight excluding hydrogens is 250 g/mol. The molecule has 4 heteroatoms. The van der Waals surface area contributed by atoms with Crippen molar-refractivity contribution in [3.05, 3.63) is 35.0 Å². The van der Waals surface area contributed by atoms with Crippen molar-refractivity contribution in [1.29, 1.82) is 5.26 Å². The third kappa shape index (κ3) is 2.27. The topological polar surface area (TPSA) is 49.0 Å². The lowest BCUT2D eigenvalue weighted by molar-refractivity contribution is 0.0798. The highest BCUT2D eigenvalue weighted by atomic mass is 16.2. The van der Waals surface area contributed by atoms with Gasteiger partial charge in [-0.2, -0.15) is 5.26 Å². The molecule has 0 fully saturated rings. The third-order valence-corrected chi connectivity index (χ3v) is 3.96. The number of carbonyl (C=O) groups excluding carboxylic acids is 1. The van der Waals surface area contributed by atoms with Crippen LogP contribution in [0.15, 0.2) is 18.2 Å². The molecule has 0 aliphatic rings. The molecule has 0 aliphatic heterocycles. The average Bonchev–Trinajstić information content (AvgIpc) is 2.68. The number of carbonyl (C=O) groups is 1. The smallest absolute Gasteiger partial charge is 0.253 e. The van der Waals surface area contributed by atoms with Crippen LogP contribution >= 0.6 is 0 Å². The number of hydrogen-bond acceptors (Lipinski definition) is 2. The van der Waals surface area contributed by atoms with E-state index < -0.39 is 0 Å². The molecule has 2 aromatic rings. The molecule has 0 spiro atoms. The van der Waals surface area contributed by atoms with E-state index in [9.17, 15) is 4.79 Å². The Bertz CT molecular complexity index is 707. The minimum atomic E-state index is -0.0388. The van der Waals surface area contributed by atoms with Crippen LogP contribution in [0.1, 0.15) is 28.0 Å². The lowest BCUT2D eigenvalue weighted by atomic mass is 10.1. The molecule has 0 unspecified atom stereocenters. The maximum atomic E-state index is 12.3. The van der Waals surface area contributed by atoms with Crippen LogP contribution in [0.4, 0.5) is 0 Å². The molecule has 0 radical (unpaired) electrons. The summed E-state index contributed by atoms with van der Waals surface area (Å²) < 4.78 is 2.14. The van der Waals surface area contributed by atoms with E-state index in [1.54, 1.807) is 11.9 Å². The summed E-state index contributed by atoms with van der Waals surface area (Å²) in [5.41, 5.74) is 4.22. The number of aryl methyl sites for hydroxylation is 2. The summed E-state index contributed by atoms with van der Waals surface area (Å²) in [6.07, 6.45) is 0.355. The van der Waals surface area contributed by atoms with Crippen molar-refractivity contribution in [2.45, 2.75) is 20.3 Å². The Morgan fingerprint density at radius 1 is 1.40 bits per heavy atom. The van der Waals surface area contributed by atoms with E-state index in [0.717, 1.165) is 10.9 Å². The summed E-state index contributed by atoms with van der Waals surface area (Å²) >= 11 is 0. The zero-order valence-electron chi connectivity index (χ0n) is 12.4. The Morgan fingerprint density at radius 2 is 2.10 bits per heavy atom. The molecule has 4 nitrogen and oxygen atoms in total. The minimum Gasteiger partial charge on any atom is -0.348 e. The molecule has 1 heterocycles. The molecule has 0 aliphatic carbocycles. The zero-order chi connectivity index (χ0) is 14.9.